The largest absolute Gasteiger partial charge is 0.494 e. The van der Waals surface area contributed by atoms with Crippen LogP contribution < -0.4 is 10.1 Å². The highest BCUT2D eigenvalue weighted by Crippen LogP contribution is 2.16. The molecule has 0 aliphatic heterocycles. The molecule has 5 heteroatoms. The number of anilines is 1. The summed E-state index contributed by atoms with van der Waals surface area (Å²) >= 11 is 0. The molecule has 0 heterocycles. The van der Waals surface area contributed by atoms with Crippen molar-refractivity contribution in [3.8, 4) is 5.75 Å². The fraction of sp³-hybridized carbons (Fsp3) is 0.273. The molecule has 5 nitrogen and oxygen atoms in total. The van der Waals surface area contributed by atoms with Crippen LogP contribution in [0.25, 0.3) is 6.08 Å². The minimum absolute atomic E-state index is 0.345. The Morgan fingerprint density at radius 1 is 1.04 bits per heavy atom. The Morgan fingerprint density at radius 2 is 1.70 bits per heavy atom. The normalized spacial score (nSPS) is 10.8. The molecule has 1 amide bonds. The van der Waals surface area contributed by atoms with Crippen molar-refractivity contribution in [3.05, 3.63) is 65.7 Å². The number of nitrogens with one attached hydrogen (secondary N) is 1. The summed E-state index contributed by atoms with van der Waals surface area (Å²) in [5, 5.41) is 2.66. The highest BCUT2D eigenvalue weighted by molar-refractivity contribution is 5.94. The Labute approximate surface area is 160 Å². The smallest absolute Gasteiger partial charge is 0.331 e. The van der Waals surface area contributed by atoms with Gasteiger partial charge in [0, 0.05) is 11.8 Å². The van der Waals surface area contributed by atoms with E-state index in [0.717, 1.165) is 11.3 Å². The van der Waals surface area contributed by atoms with Crippen molar-refractivity contribution in [1.29, 1.82) is 0 Å². The van der Waals surface area contributed by atoms with Gasteiger partial charge in [-0.05, 0) is 54.3 Å². The zero-order valence-electron chi connectivity index (χ0n) is 15.9. The predicted octanol–water partition coefficient (Wildman–Crippen LogP) is 4.40. The van der Waals surface area contributed by atoms with Crippen molar-refractivity contribution in [1.82, 2.24) is 0 Å². The van der Waals surface area contributed by atoms with Crippen molar-refractivity contribution >= 4 is 23.6 Å². The van der Waals surface area contributed by atoms with E-state index in [1.807, 2.05) is 31.2 Å². The van der Waals surface area contributed by atoms with Gasteiger partial charge >= 0.3 is 5.97 Å². The lowest BCUT2D eigenvalue weighted by Gasteiger charge is -2.07. The first-order valence-corrected chi connectivity index (χ1v) is 8.95. The maximum absolute atomic E-state index is 11.9. The van der Waals surface area contributed by atoms with Gasteiger partial charge in [-0.1, -0.05) is 38.1 Å². The van der Waals surface area contributed by atoms with E-state index in [-0.39, 0.29) is 6.61 Å². The van der Waals surface area contributed by atoms with Crippen molar-refractivity contribution in [2.75, 3.05) is 18.5 Å². The molecule has 0 unspecified atom stereocenters. The lowest BCUT2D eigenvalue weighted by Crippen LogP contribution is -2.20. The second kappa shape index (κ2) is 10.2. The molecule has 27 heavy (non-hydrogen) atoms. The van der Waals surface area contributed by atoms with Crippen LogP contribution in [0.2, 0.25) is 0 Å². The van der Waals surface area contributed by atoms with E-state index in [4.69, 9.17) is 9.47 Å². The summed E-state index contributed by atoms with van der Waals surface area (Å²) in [6.07, 6.45) is 2.98. The van der Waals surface area contributed by atoms with Crippen molar-refractivity contribution in [2.45, 2.75) is 26.7 Å². The van der Waals surface area contributed by atoms with Crippen LogP contribution in [0.4, 0.5) is 5.69 Å². The van der Waals surface area contributed by atoms with Crippen LogP contribution in [0.5, 0.6) is 5.75 Å². The van der Waals surface area contributed by atoms with Crippen molar-refractivity contribution in [3.63, 3.8) is 0 Å². The van der Waals surface area contributed by atoms with E-state index in [1.54, 1.807) is 30.3 Å². The highest BCUT2D eigenvalue weighted by atomic mass is 16.5. The number of esters is 1. The molecule has 2 aromatic carbocycles. The first kappa shape index (κ1) is 20.2. The molecule has 0 spiro atoms. The molecule has 0 aliphatic carbocycles. The molecule has 0 fully saturated rings. The quantitative estimate of drug-likeness (QED) is 0.555. The summed E-state index contributed by atoms with van der Waals surface area (Å²) < 4.78 is 10.3. The molecule has 0 atom stereocenters. The molecule has 2 rings (SSSR count). The molecule has 0 radical (unpaired) electrons. The van der Waals surface area contributed by atoms with Crippen LogP contribution in [0.1, 0.15) is 37.8 Å². The Morgan fingerprint density at radius 3 is 2.30 bits per heavy atom. The molecule has 0 saturated carbocycles. The number of benzene rings is 2. The van der Waals surface area contributed by atoms with E-state index < -0.39 is 11.9 Å². The Balaban J connectivity index is 1.77. The van der Waals surface area contributed by atoms with Crippen LogP contribution in [0, 0.1) is 0 Å². The molecular formula is C22H25NO4. The first-order chi connectivity index (χ1) is 13.0. The van der Waals surface area contributed by atoms with Crippen LogP contribution in [0.3, 0.4) is 0 Å². The molecule has 1 N–H and O–H groups in total. The van der Waals surface area contributed by atoms with Crippen LogP contribution in [-0.4, -0.2) is 25.1 Å². The van der Waals surface area contributed by atoms with Gasteiger partial charge < -0.3 is 14.8 Å². The standard InChI is InChI=1S/C22H25NO4/c1-4-26-20-12-10-19(11-13-20)23-21(24)15-27-22(25)14-7-17-5-8-18(9-6-17)16(2)3/h5-14,16H,4,15H2,1-3H3,(H,23,24)/b14-7+. The third-order valence-corrected chi connectivity index (χ3v) is 3.81. The summed E-state index contributed by atoms with van der Waals surface area (Å²) in [5.74, 6) is 0.224. The highest BCUT2D eigenvalue weighted by Gasteiger charge is 2.06. The Hall–Kier alpha value is -3.08. The maximum Gasteiger partial charge on any atom is 0.331 e. The third-order valence-electron chi connectivity index (χ3n) is 3.81. The zero-order chi connectivity index (χ0) is 19.6. The zero-order valence-corrected chi connectivity index (χ0v) is 15.9. The van der Waals surface area contributed by atoms with E-state index in [9.17, 15) is 9.59 Å². The van der Waals surface area contributed by atoms with Gasteiger partial charge in [0.1, 0.15) is 5.75 Å². The summed E-state index contributed by atoms with van der Waals surface area (Å²) in [6.45, 7) is 6.39. The SMILES string of the molecule is CCOc1ccc(NC(=O)COC(=O)/C=C/c2ccc(C(C)C)cc2)cc1. The number of amides is 1. The van der Waals surface area contributed by atoms with Crippen LogP contribution in [-0.2, 0) is 14.3 Å². The minimum Gasteiger partial charge on any atom is -0.494 e. The summed E-state index contributed by atoms with van der Waals surface area (Å²) in [7, 11) is 0. The second-order valence-corrected chi connectivity index (χ2v) is 6.27. The van der Waals surface area contributed by atoms with Gasteiger partial charge in [0.15, 0.2) is 6.61 Å². The molecule has 0 aliphatic rings. The van der Waals surface area contributed by atoms with Crippen molar-refractivity contribution in [2.24, 2.45) is 0 Å². The number of hydrogen-bond acceptors (Lipinski definition) is 4. The molecule has 2 aromatic rings. The number of carbonyl (C=O) groups is 2. The van der Waals surface area contributed by atoms with E-state index >= 15 is 0 Å². The number of hydrogen-bond donors (Lipinski definition) is 1. The van der Waals surface area contributed by atoms with Gasteiger partial charge in [-0.3, -0.25) is 4.79 Å². The van der Waals surface area contributed by atoms with E-state index in [1.165, 1.54) is 11.6 Å². The first-order valence-electron chi connectivity index (χ1n) is 8.95. The number of carbonyl (C=O) groups excluding carboxylic acids is 2. The molecule has 0 saturated heterocycles. The summed E-state index contributed by atoms with van der Waals surface area (Å²) in [6, 6.07) is 14.9. The third kappa shape index (κ3) is 6.98. The Bertz CT molecular complexity index is 777. The average Bonchev–Trinajstić information content (AvgIpc) is 2.67. The Kier molecular flexibility index (Phi) is 7.62. The minimum atomic E-state index is -0.565. The average molecular weight is 367 g/mol. The lowest BCUT2D eigenvalue weighted by molar-refractivity contribution is -0.142. The summed E-state index contributed by atoms with van der Waals surface area (Å²) in [5.41, 5.74) is 2.75. The fourth-order valence-electron chi connectivity index (χ4n) is 2.34. The maximum atomic E-state index is 11.9. The van der Waals surface area contributed by atoms with Gasteiger partial charge in [0.25, 0.3) is 5.91 Å². The number of ether oxygens (including phenoxy) is 2. The van der Waals surface area contributed by atoms with Gasteiger partial charge in [-0.15, -0.1) is 0 Å². The van der Waals surface area contributed by atoms with E-state index in [0.29, 0.717) is 18.2 Å². The summed E-state index contributed by atoms with van der Waals surface area (Å²) in [4.78, 5) is 23.6. The predicted molar refractivity (Wildman–Crippen MR) is 107 cm³/mol. The molecule has 142 valence electrons. The molecular weight excluding hydrogens is 342 g/mol. The molecule has 0 bridgehead atoms. The molecule has 0 aromatic heterocycles. The number of rotatable bonds is 8. The van der Waals surface area contributed by atoms with Crippen LogP contribution >= 0.6 is 0 Å². The van der Waals surface area contributed by atoms with Crippen molar-refractivity contribution < 1.29 is 19.1 Å². The van der Waals surface area contributed by atoms with Crippen LogP contribution in [0.15, 0.2) is 54.6 Å². The second-order valence-electron chi connectivity index (χ2n) is 6.27. The van der Waals surface area contributed by atoms with Gasteiger partial charge in [0.05, 0.1) is 6.61 Å². The van der Waals surface area contributed by atoms with E-state index in [2.05, 4.69) is 19.2 Å². The van der Waals surface area contributed by atoms with Gasteiger partial charge in [-0.2, -0.15) is 0 Å². The lowest BCUT2D eigenvalue weighted by atomic mass is 10.0. The van der Waals surface area contributed by atoms with Gasteiger partial charge in [0.2, 0.25) is 0 Å². The van der Waals surface area contributed by atoms with Gasteiger partial charge in [-0.25, -0.2) is 4.79 Å². The fourth-order valence-corrected chi connectivity index (χ4v) is 2.34. The monoisotopic (exact) mass is 367 g/mol. The topological polar surface area (TPSA) is 64.6 Å².